The first kappa shape index (κ1) is 17.3. The van der Waals surface area contributed by atoms with Crippen LogP contribution >= 0.6 is 15.9 Å². The Kier molecular flexibility index (Phi) is 6.86. The van der Waals surface area contributed by atoms with Crippen molar-refractivity contribution in [3.63, 3.8) is 0 Å². The SMILES string of the molecule is CCCCCCC(C)Nc1cc(Br)cc(C(F)(F)F)c1. The fraction of sp³-hybridized carbons (Fsp3) is 0.600. The van der Waals surface area contributed by atoms with Gasteiger partial charge in [0.25, 0.3) is 0 Å². The van der Waals surface area contributed by atoms with Crippen molar-refractivity contribution in [1.82, 2.24) is 0 Å². The molecule has 1 nitrogen and oxygen atoms in total. The second-order valence-electron chi connectivity index (χ2n) is 5.12. The maximum Gasteiger partial charge on any atom is 0.416 e. The number of anilines is 1. The summed E-state index contributed by atoms with van der Waals surface area (Å²) in [5, 5.41) is 3.14. The summed E-state index contributed by atoms with van der Waals surface area (Å²) < 4.78 is 38.6. The van der Waals surface area contributed by atoms with E-state index < -0.39 is 11.7 Å². The van der Waals surface area contributed by atoms with E-state index in [1.807, 2.05) is 6.92 Å². The number of hydrogen-bond donors (Lipinski definition) is 1. The fourth-order valence-electron chi connectivity index (χ4n) is 2.07. The van der Waals surface area contributed by atoms with E-state index in [4.69, 9.17) is 0 Å². The van der Waals surface area contributed by atoms with Gasteiger partial charge in [-0.05, 0) is 31.5 Å². The van der Waals surface area contributed by atoms with Gasteiger partial charge in [0.2, 0.25) is 0 Å². The van der Waals surface area contributed by atoms with Gasteiger partial charge < -0.3 is 5.32 Å². The van der Waals surface area contributed by atoms with Crippen LogP contribution in [0.5, 0.6) is 0 Å². The Labute approximate surface area is 127 Å². The standard InChI is InChI=1S/C15H21BrF3N/c1-3-4-5-6-7-11(2)20-14-9-12(15(17,18)19)8-13(16)10-14/h8-11,20H,3-7H2,1-2H3. The van der Waals surface area contributed by atoms with Crippen molar-refractivity contribution < 1.29 is 13.2 Å². The van der Waals surface area contributed by atoms with Gasteiger partial charge in [-0.1, -0.05) is 48.5 Å². The van der Waals surface area contributed by atoms with Crippen molar-refractivity contribution >= 4 is 21.6 Å². The van der Waals surface area contributed by atoms with Crippen molar-refractivity contribution in [2.75, 3.05) is 5.32 Å². The molecule has 0 bridgehead atoms. The lowest BCUT2D eigenvalue weighted by atomic mass is 10.1. The molecule has 0 spiro atoms. The highest BCUT2D eigenvalue weighted by atomic mass is 79.9. The highest BCUT2D eigenvalue weighted by molar-refractivity contribution is 9.10. The summed E-state index contributed by atoms with van der Waals surface area (Å²) in [4.78, 5) is 0. The van der Waals surface area contributed by atoms with E-state index in [0.717, 1.165) is 25.0 Å². The Hall–Kier alpha value is -0.710. The van der Waals surface area contributed by atoms with E-state index in [1.54, 1.807) is 6.07 Å². The van der Waals surface area contributed by atoms with Gasteiger partial charge in [0.15, 0.2) is 0 Å². The minimum Gasteiger partial charge on any atom is -0.383 e. The van der Waals surface area contributed by atoms with Gasteiger partial charge in [-0.3, -0.25) is 0 Å². The van der Waals surface area contributed by atoms with E-state index >= 15 is 0 Å². The van der Waals surface area contributed by atoms with Gasteiger partial charge in [-0.2, -0.15) is 13.2 Å². The Morgan fingerprint density at radius 3 is 2.45 bits per heavy atom. The molecule has 20 heavy (non-hydrogen) atoms. The second-order valence-corrected chi connectivity index (χ2v) is 6.04. The van der Waals surface area contributed by atoms with E-state index in [-0.39, 0.29) is 6.04 Å². The number of hydrogen-bond acceptors (Lipinski definition) is 1. The molecule has 0 radical (unpaired) electrons. The lowest BCUT2D eigenvalue weighted by molar-refractivity contribution is -0.137. The Balaban J connectivity index is 2.61. The van der Waals surface area contributed by atoms with E-state index in [9.17, 15) is 13.2 Å². The number of halogens is 4. The summed E-state index contributed by atoms with van der Waals surface area (Å²) >= 11 is 3.13. The molecule has 1 aromatic rings. The van der Waals surface area contributed by atoms with E-state index in [0.29, 0.717) is 10.2 Å². The normalized spacial score (nSPS) is 13.3. The van der Waals surface area contributed by atoms with Gasteiger partial charge in [0.1, 0.15) is 0 Å². The lowest BCUT2D eigenvalue weighted by Gasteiger charge is -2.17. The molecule has 0 aromatic heterocycles. The Morgan fingerprint density at radius 1 is 1.15 bits per heavy atom. The predicted molar refractivity (Wildman–Crippen MR) is 81.0 cm³/mol. The predicted octanol–water partition coefficient (Wildman–Crippen LogP) is 6.24. The molecule has 0 aliphatic rings. The lowest BCUT2D eigenvalue weighted by Crippen LogP contribution is -2.15. The molecule has 0 saturated heterocycles. The monoisotopic (exact) mass is 351 g/mol. The Bertz CT molecular complexity index is 418. The number of benzene rings is 1. The average molecular weight is 352 g/mol. The highest BCUT2D eigenvalue weighted by Crippen LogP contribution is 2.33. The molecule has 5 heteroatoms. The molecule has 1 unspecified atom stereocenters. The minimum absolute atomic E-state index is 0.169. The second kappa shape index (κ2) is 7.91. The van der Waals surface area contributed by atoms with Crippen LogP contribution in [0.3, 0.4) is 0 Å². The molecule has 1 rings (SSSR count). The van der Waals surface area contributed by atoms with Crippen molar-refractivity contribution in [1.29, 1.82) is 0 Å². The minimum atomic E-state index is -4.31. The molecule has 0 heterocycles. The van der Waals surface area contributed by atoms with Crippen molar-refractivity contribution in [3.8, 4) is 0 Å². The summed E-state index contributed by atoms with van der Waals surface area (Å²) in [6, 6.07) is 4.10. The third-order valence-corrected chi connectivity index (χ3v) is 3.59. The zero-order valence-electron chi connectivity index (χ0n) is 11.9. The number of alkyl halides is 3. The number of unbranched alkanes of at least 4 members (excludes halogenated alkanes) is 3. The first-order valence-electron chi connectivity index (χ1n) is 6.97. The van der Waals surface area contributed by atoms with Gasteiger partial charge in [-0.25, -0.2) is 0 Å². The maximum atomic E-state index is 12.7. The first-order chi connectivity index (χ1) is 9.32. The summed E-state index contributed by atoms with van der Waals surface area (Å²) in [6.07, 6.45) is 1.32. The summed E-state index contributed by atoms with van der Waals surface area (Å²) in [5.41, 5.74) is -0.123. The summed E-state index contributed by atoms with van der Waals surface area (Å²) in [7, 11) is 0. The van der Waals surface area contributed by atoms with Crippen molar-refractivity contribution in [2.24, 2.45) is 0 Å². The highest BCUT2D eigenvalue weighted by Gasteiger charge is 2.31. The molecule has 0 aliphatic carbocycles. The van der Waals surface area contributed by atoms with Crippen LogP contribution in [-0.4, -0.2) is 6.04 Å². The Morgan fingerprint density at radius 2 is 1.85 bits per heavy atom. The molecule has 114 valence electrons. The molecule has 1 atom stereocenters. The molecular formula is C15H21BrF3N. The maximum absolute atomic E-state index is 12.7. The van der Waals surface area contributed by atoms with Crippen LogP contribution < -0.4 is 5.32 Å². The van der Waals surface area contributed by atoms with Gasteiger partial charge in [-0.15, -0.1) is 0 Å². The first-order valence-corrected chi connectivity index (χ1v) is 7.76. The van der Waals surface area contributed by atoms with Gasteiger partial charge in [0.05, 0.1) is 5.56 Å². The van der Waals surface area contributed by atoms with E-state index in [2.05, 4.69) is 28.2 Å². The van der Waals surface area contributed by atoms with Crippen LogP contribution in [0.15, 0.2) is 22.7 Å². The topological polar surface area (TPSA) is 12.0 Å². The van der Waals surface area contributed by atoms with Crippen LogP contribution in [-0.2, 0) is 6.18 Å². The smallest absolute Gasteiger partial charge is 0.383 e. The molecule has 0 amide bonds. The van der Waals surface area contributed by atoms with Crippen LogP contribution in [0.2, 0.25) is 0 Å². The molecule has 0 aliphatic heterocycles. The zero-order chi connectivity index (χ0) is 15.2. The number of rotatable bonds is 7. The van der Waals surface area contributed by atoms with Gasteiger partial charge in [0, 0.05) is 16.2 Å². The van der Waals surface area contributed by atoms with Crippen molar-refractivity contribution in [3.05, 3.63) is 28.2 Å². The largest absolute Gasteiger partial charge is 0.416 e. The molecular weight excluding hydrogens is 331 g/mol. The quantitative estimate of drug-likeness (QED) is 0.573. The third kappa shape index (κ3) is 6.16. The molecule has 0 fully saturated rings. The van der Waals surface area contributed by atoms with Crippen LogP contribution in [0.1, 0.15) is 51.5 Å². The van der Waals surface area contributed by atoms with Gasteiger partial charge >= 0.3 is 6.18 Å². The summed E-state index contributed by atoms with van der Waals surface area (Å²) in [5.74, 6) is 0. The third-order valence-electron chi connectivity index (χ3n) is 3.13. The van der Waals surface area contributed by atoms with Crippen LogP contribution in [0, 0.1) is 0 Å². The van der Waals surface area contributed by atoms with Crippen LogP contribution in [0.25, 0.3) is 0 Å². The fourth-order valence-corrected chi connectivity index (χ4v) is 2.56. The number of nitrogens with one attached hydrogen (secondary N) is 1. The average Bonchev–Trinajstić information content (AvgIpc) is 2.33. The molecule has 0 saturated carbocycles. The molecule has 1 aromatic carbocycles. The van der Waals surface area contributed by atoms with Crippen LogP contribution in [0.4, 0.5) is 18.9 Å². The summed E-state index contributed by atoms with van der Waals surface area (Å²) in [6.45, 7) is 4.15. The van der Waals surface area contributed by atoms with Crippen molar-refractivity contribution in [2.45, 2.75) is 58.2 Å². The molecule has 1 N–H and O–H groups in total. The van der Waals surface area contributed by atoms with E-state index in [1.165, 1.54) is 19.3 Å². The zero-order valence-corrected chi connectivity index (χ0v) is 13.4.